The van der Waals surface area contributed by atoms with E-state index < -0.39 is 0 Å². The van der Waals surface area contributed by atoms with E-state index in [1.807, 2.05) is 30.0 Å². The number of halogens is 2. The molecule has 226 valence electrons. The molecule has 3 rings (SSSR count). The second-order valence-electron chi connectivity index (χ2n) is 10.4. The summed E-state index contributed by atoms with van der Waals surface area (Å²) in [4.78, 5) is 18.7. The second-order valence-corrected chi connectivity index (χ2v) is 10.8. The van der Waals surface area contributed by atoms with Gasteiger partial charge in [0, 0.05) is 50.6 Å². The lowest BCUT2D eigenvalue weighted by Crippen LogP contribution is -2.51. The standard InChI is InChI=1S/C21H32FNO2.C8H13N.C5H4ClN/c1-5-7-8-16(6-2)21(24)23-13-15(3)20(19(14-23)25-4)17-9-11-18(22)12-10-17;1-3-5-8(2)6-4-7-9;6-5-2-1-3-7-4-5/h9-12,15-16,19-20H,5-8,13-14H2,1-4H3;4-7,9H,3H2,1-2H3;1-4H/b;6-4-,8-5+,9-7?;. The van der Waals surface area contributed by atoms with Gasteiger partial charge in [0.15, 0.2) is 0 Å². The van der Waals surface area contributed by atoms with E-state index in [9.17, 15) is 9.18 Å². The van der Waals surface area contributed by atoms with E-state index in [-0.39, 0.29) is 35.6 Å². The van der Waals surface area contributed by atoms with Gasteiger partial charge in [-0.1, -0.05) is 82.0 Å². The first-order valence-electron chi connectivity index (χ1n) is 14.7. The molecule has 1 aromatic heterocycles. The lowest BCUT2D eigenvalue weighted by Gasteiger charge is -2.43. The fourth-order valence-electron chi connectivity index (χ4n) is 5.00. The number of ether oxygens (including phenoxy) is 1. The van der Waals surface area contributed by atoms with Gasteiger partial charge >= 0.3 is 0 Å². The van der Waals surface area contributed by atoms with E-state index in [0.29, 0.717) is 11.6 Å². The van der Waals surface area contributed by atoms with Gasteiger partial charge in [-0.2, -0.15) is 0 Å². The number of nitrogens with zero attached hydrogens (tertiary/aromatic N) is 2. The first-order chi connectivity index (χ1) is 19.7. The summed E-state index contributed by atoms with van der Waals surface area (Å²) in [6, 6.07) is 10.3. The maximum absolute atomic E-state index is 13.2. The molecule has 4 atom stereocenters. The van der Waals surface area contributed by atoms with Gasteiger partial charge in [-0.25, -0.2) is 4.39 Å². The number of hydrogen-bond donors (Lipinski definition) is 1. The van der Waals surface area contributed by atoms with Crippen molar-refractivity contribution in [3.05, 3.63) is 89.0 Å². The zero-order chi connectivity index (χ0) is 30.6. The van der Waals surface area contributed by atoms with Gasteiger partial charge in [0.1, 0.15) is 5.82 Å². The monoisotopic (exact) mass is 585 g/mol. The molecule has 0 radical (unpaired) electrons. The number of carbonyl (C=O) groups excluding carboxylic acids is 1. The molecule has 7 heteroatoms. The van der Waals surface area contributed by atoms with Crippen molar-refractivity contribution in [3.8, 4) is 0 Å². The number of pyridine rings is 1. The molecule has 1 aliphatic rings. The van der Waals surface area contributed by atoms with Crippen LogP contribution in [0.1, 0.15) is 78.2 Å². The number of piperidine rings is 1. The summed E-state index contributed by atoms with van der Waals surface area (Å²) in [5.41, 5.74) is 2.31. The molecule has 2 heterocycles. The number of unbranched alkanes of at least 4 members (excludes halogenated alkanes) is 1. The molecule has 41 heavy (non-hydrogen) atoms. The van der Waals surface area contributed by atoms with Crippen molar-refractivity contribution < 1.29 is 13.9 Å². The molecular weight excluding hydrogens is 537 g/mol. The van der Waals surface area contributed by atoms with Crippen LogP contribution in [0.4, 0.5) is 4.39 Å². The van der Waals surface area contributed by atoms with Crippen LogP contribution in [0.25, 0.3) is 0 Å². The smallest absolute Gasteiger partial charge is 0.225 e. The van der Waals surface area contributed by atoms with Crippen molar-refractivity contribution >= 4 is 23.7 Å². The highest BCUT2D eigenvalue weighted by atomic mass is 35.5. The van der Waals surface area contributed by atoms with Crippen LogP contribution in [-0.4, -0.2) is 48.3 Å². The van der Waals surface area contributed by atoms with Gasteiger partial charge in [0.2, 0.25) is 5.91 Å². The Morgan fingerprint density at radius 1 is 1.22 bits per heavy atom. The Morgan fingerprint density at radius 2 is 1.93 bits per heavy atom. The summed E-state index contributed by atoms with van der Waals surface area (Å²) in [5, 5.41) is 7.37. The summed E-state index contributed by atoms with van der Waals surface area (Å²) in [7, 11) is 1.70. The lowest BCUT2D eigenvalue weighted by atomic mass is 9.79. The van der Waals surface area contributed by atoms with E-state index in [1.165, 1.54) is 23.9 Å². The quantitative estimate of drug-likeness (QED) is 0.223. The zero-order valence-corrected chi connectivity index (χ0v) is 26.4. The Kier molecular flexibility index (Phi) is 18.5. The highest BCUT2D eigenvalue weighted by Crippen LogP contribution is 2.35. The second kappa shape index (κ2) is 21.0. The summed E-state index contributed by atoms with van der Waals surface area (Å²) in [5.74, 6) is 0.622. The Hall–Kier alpha value is -2.83. The summed E-state index contributed by atoms with van der Waals surface area (Å²) < 4.78 is 19.0. The Balaban J connectivity index is 0.000000427. The molecule has 1 aliphatic heterocycles. The minimum atomic E-state index is -0.223. The van der Waals surface area contributed by atoms with Crippen LogP contribution >= 0.6 is 11.6 Å². The number of allylic oxidation sites excluding steroid dienone is 4. The van der Waals surface area contributed by atoms with Crippen molar-refractivity contribution in [3.63, 3.8) is 0 Å². The van der Waals surface area contributed by atoms with Crippen LogP contribution in [0, 0.1) is 23.1 Å². The van der Waals surface area contributed by atoms with Crippen LogP contribution in [0.3, 0.4) is 0 Å². The number of amides is 1. The van der Waals surface area contributed by atoms with Crippen LogP contribution in [0.15, 0.2) is 72.6 Å². The summed E-state index contributed by atoms with van der Waals surface area (Å²) >= 11 is 5.48. The highest BCUT2D eigenvalue weighted by Gasteiger charge is 2.38. The van der Waals surface area contributed by atoms with Crippen LogP contribution < -0.4 is 0 Å². The van der Waals surface area contributed by atoms with E-state index in [1.54, 1.807) is 37.7 Å². The predicted molar refractivity (Wildman–Crippen MR) is 170 cm³/mol. The van der Waals surface area contributed by atoms with Crippen LogP contribution in [0.2, 0.25) is 5.02 Å². The number of nitrogens with one attached hydrogen (secondary N) is 1. The number of aromatic nitrogens is 1. The third-order valence-electron chi connectivity index (χ3n) is 7.15. The molecule has 1 fully saturated rings. The molecule has 0 bridgehead atoms. The van der Waals surface area contributed by atoms with Crippen molar-refractivity contribution in [2.45, 2.75) is 78.7 Å². The number of methoxy groups -OCH3 is 1. The van der Waals surface area contributed by atoms with E-state index in [0.717, 1.165) is 44.2 Å². The third kappa shape index (κ3) is 13.6. The molecule has 0 aliphatic carbocycles. The molecule has 0 saturated carbocycles. The molecular formula is C34H49ClFN3O2. The zero-order valence-electron chi connectivity index (χ0n) is 25.7. The van der Waals surface area contributed by atoms with Gasteiger partial charge in [0.25, 0.3) is 0 Å². The average molecular weight is 586 g/mol. The molecule has 0 spiro atoms. The first-order valence-corrected chi connectivity index (χ1v) is 15.1. The number of benzene rings is 1. The van der Waals surface area contributed by atoms with E-state index in [4.69, 9.17) is 21.7 Å². The molecule has 1 aromatic carbocycles. The topological polar surface area (TPSA) is 66.3 Å². The Labute approximate surface area is 252 Å². The molecule has 1 N–H and O–H groups in total. The highest BCUT2D eigenvalue weighted by molar-refractivity contribution is 6.30. The van der Waals surface area contributed by atoms with Crippen LogP contribution in [0.5, 0.6) is 0 Å². The third-order valence-corrected chi connectivity index (χ3v) is 7.37. The number of hydrogen-bond acceptors (Lipinski definition) is 4. The molecule has 2 aromatic rings. The fraction of sp³-hybridized carbons (Fsp3) is 0.500. The first kappa shape index (κ1) is 36.2. The summed E-state index contributed by atoms with van der Waals surface area (Å²) in [6.45, 7) is 11.9. The normalized spacial score (nSPS) is 19.5. The largest absolute Gasteiger partial charge is 0.379 e. The Bertz CT molecular complexity index is 1060. The number of likely N-dealkylation sites (tertiary alicyclic amines) is 1. The van der Waals surface area contributed by atoms with Crippen molar-refractivity contribution in [1.29, 1.82) is 5.41 Å². The van der Waals surface area contributed by atoms with Crippen molar-refractivity contribution in [1.82, 2.24) is 9.88 Å². The van der Waals surface area contributed by atoms with Gasteiger partial charge in [-0.05, 0) is 68.0 Å². The maximum Gasteiger partial charge on any atom is 0.225 e. The van der Waals surface area contributed by atoms with Gasteiger partial charge in [-0.3, -0.25) is 9.78 Å². The molecule has 4 unspecified atom stereocenters. The minimum absolute atomic E-state index is 0.0538. The maximum atomic E-state index is 13.2. The van der Waals surface area contributed by atoms with Crippen LogP contribution in [-0.2, 0) is 9.53 Å². The molecule has 5 nitrogen and oxygen atoms in total. The van der Waals surface area contributed by atoms with E-state index in [2.05, 4.69) is 38.8 Å². The van der Waals surface area contributed by atoms with Gasteiger partial charge < -0.3 is 15.0 Å². The van der Waals surface area contributed by atoms with Crippen molar-refractivity contribution in [2.24, 2.45) is 11.8 Å². The molecule has 1 saturated heterocycles. The minimum Gasteiger partial charge on any atom is -0.379 e. The lowest BCUT2D eigenvalue weighted by molar-refractivity contribution is -0.141. The fourth-order valence-corrected chi connectivity index (χ4v) is 5.13. The molecule has 1 amide bonds. The Morgan fingerprint density at radius 3 is 2.41 bits per heavy atom. The number of carbonyl (C=O) groups is 1. The summed E-state index contributed by atoms with van der Waals surface area (Å²) in [6.07, 6.45) is 15.4. The predicted octanol–water partition coefficient (Wildman–Crippen LogP) is 8.90. The number of rotatable bonds is 10. The van der Waals surface area contributed by atoms with Crippen molar-refractivity contribution in [2.75, 3.05) is 20.2 Å². The SMILES string of the molecule is CC/C=C(C)/C=C\C=N.CCCCC(CC)C(=O)N1CC(C)C(c2ccc(F)cc2)C(OC)C1.Clc1cccnc1. The van der Waals surface area contributed by atoms with E-state index >= 15 is 0 Å². The van der Waals surface area contributed by atoms with Gasteiger partial charge in [-0.15, -0.1) is 0 Å². The van der Waals surface area contributed by atoms with Gasteiger partial charge in [0.05, 0.1) is 11.1 Å². The average Bonchev–Trinajstić information content (AvgIpc) is 2.97.